The highest BCUT2D eigenvalue weighted by atomic mass is 16.6. The number of nitroso groups, excluding NO2 is 2. The average Bonchev–Trinajstić information content (AvgIpc) is 2.91. The van der Waals surface area contributed by atoms with Crippen molar-refractivity contribution in [2.24, 2.45) is 10.4 Å². The lowest BCUT2D eigenvalue weighted by atomic mass is 9.91. The molecule has 3 aromatic carbocycles. The number of ether oxygens (including phenoxy) is 2. The lowest BCUT2D eigenvalue weighted by Gasteiger charge is -2.34. The Labute approximate surface area is 208 Å². The summed E-state index contributed by atoms with van der Waals surface area (Å²) >= 11 is 0. The Kier molecular flexibility index (Phi) is 6.46. The van der Waals surface area contributed by atoms with Crippen molar-refractivity contribution in [3.8, 4) is 35.5 Å². The third-order valence-corrected chi connectivity index (χ3v) is 5.70. The molecule has 1 aliphatic heterocycles. The summed E-state index contributed by atoms with van der Waals surface area (Å²) in [4.78, 5) is 35.3. The maximum Gasteiger partial charge on any atom is 0.338 e. The molecule has 12 nitrogen and oxygen atoms in total. The lowest BCUT2D eigenvalue weighted by Crippen LogP contribution is -2.35. The molecule has 2 N–H and O–H groups in total. The van der Waals surface area contributed by atoms with Crippen molar-refractivity contribution in [3.63, 3.8) is 0 Å². The number of hydrogen-bond donors (Lipinski definition) is 2. The fraction of sp³-hybridized carbons (Fsp3) is 0.120. The van der Waals surface area contributed by atoms with Gasteiger partial charge in [0.2, 0.25) is 0 Å². The normalized spacial score (nSPS) is 15.6. The number of nitriles is 3. The predicted octanol–water partition coefficient (Wildman–Crippen LogP) is 4.41. The monoisotopic (exact) mass is 495 g/mol. The van der Waals surface area contributed by atoms with Crippen LogP contribution in [-0.2, 0) is 11.2 Å². The van der Waals surface area contributed by atoms with Crippen LogP contribution in [0.4, 0.5) is 11.4 Å². The summed E-state index contributed by atoms with van der Waals surface area (Å²) in [5, 5.41) is 53.5. The van der Waals surface area contributed by atoms with Gasteiger partial charge in [0.1, 0.15) is 46.7 Å². The molecule has 0 unspecified atom stereocenters. The summed E-state index contributed by atoms with van der Waals surface area (Å²) in [5.74, 6) is -1.94. The van der Waals surface area contributed by atoms with Crippen LogP contribution in [0.2, 0.25) is 0 Å². The van der Waals surface area contributed by atoms with Gasteiger partial charge in [0.25, 0.3) is 0 Å². The third-order valence-electron chi connectivity index (χ3n) is 5.70. The van der Waals surface area contributed by atoms with Crippen LogP contribution >= 0.6 is 0 Å². The molecule has 0 aliphatic carbocycles. The van der Waals surface area contributed by atoms with Gasteiger partial charge in [-0.1, -0.05) is 6.07 Å². The number of phenolic OH excluding ortho intramolecular Hbond substituents is 2. The largest absolute Gasteiger partial charge is 0.506 e. The number of esters is 1. The number of aromatic hydroxyl groups is 2. The van der Waals surface area contributed by atoms with E-state index >= 15 is 0 Å². The molecule has 0 radical (unpaired) electrons. The Morgan fingerprint density at radius 3 is 2.38 bits per heavy atom. The van der Waals surface area contributed by atoms with E-state index in [0.717, 1.165) is 24.3 Å². The molecular weight excluding hydrogens is 482 g/mol. The van der Waals surface area contributed by atoms with Gasteiger partial charge >= 0.3 is 5.97 Å². The molecule has 3 aromatic rings. The number of benzene rings is 3. The standard InChI is InChI=1S/C25H13N5O7/c26-9-12-2-1-3-21-16(12)8-22(24(36-21)13-5-18(29-34)23(30-35)20(32)6-13)37-25(33)14-4-15(10-27)17(11-28)19(31)7-14/h1-7,22,24,31-32H,8H2/t22-,24-/m1/s1. The zero-order chi connectivity index (χ0) is 26.7. The summed E-state index contributed by atoms with van der Waals surface area (Å²) in [7, 11) is 0. The second-order valence-electron chi connectivity index (χ2n) is 7.81. The number of carbonyl (C=O) groups is 1. The molecule has 4 rings (SSSR count). The molecule has 180 valence electrons. The van der Waals surface area contributed by atoms with E-state index < -0.39 is 41.1 Å². The lowest BCUT2D eigenvalue weighted by molar-refractivity contribution is -0.0183. The molecule has 12 heteroatoms. The van der Waals surface area contributed by atoms with Crippen LogP contribution in [0.15, 0.2) is 52.8 Å². The van der Waals surface area contributed by atoms with Crippen molar-refractivity contribution in [1.82, 2.24) is 0 Å². The van der Waals surface area contributed by atoms with Gasteiger partial charge in [-0.25, -0.2) is 4.79 Å². The highest BCUT2D eigenvalue weighted by molar-refractivity contribution is 5.91. The number of fused-ring (bicyclic) bond motifs is 1. The number of rotatable bonds is 5. The predicted molar refractivity (Wildman–Crippen MR) is 124 cm³/mol. The minimum Gasteiger partial charge on any atom is -0.506 e. The summed E-state index contributed by atoms with van der Waals surface area (Å²) in [6.07, 6.45) is -2.31. The van der Waals surface area contributed by atoms with Gasteiger partial charge in [-0.05, 0) is 46.8 Å². The van der Waals surface area contributed by atoms with E-state index in [2.05, 4.69) is 10.4 Å². The van der Waals surface area contributed by atoms with E-state index in [1.54, 1.807) is 30.3 Å². The fourth-order valence-electron chi connectivity index (χ4n) is 4.01. The molecule has 0 saturated heterocycles. The van der Waals surface area contributed by atoms with Crippen LogP contribution in [0, 0.1) is 43.8 Å². The molecule has 0 amide bonds. The van der Waals surface area contributed by atoms with Crippen LogP contribution in [0.5, 0.6) is 17.2 Å². The summed E-state index contributed by atoms with van der Waals surface area (Å²) in [6, 6.07) is 14.5. The van der Waals surface area contributed by atoms with Crippen molar-refractivity contribution in [3.05, 3.63) is 85.7 Å². The first-order valence-corrected chi connectivity index (χ1v) is 10.5. The first-order valence-electron chi connectivity index (χ1n) is 10.5. The van der Waals surface area contributed by atoms with Crippen LogP contribution in [0.1, 0.15) is 44.3 Å². The van der Waals surface area contributed by atoms with Crippen LogP contribution in [0.25, 0.3) is 0 Å². The number of nitrogens with zero attached hydrogens (tertiary/aromatic N) is 5. The number of carbonyl (C=O) groups excluding carboxylic acids is 1. The maximum absolute atomic E-state index is 13.0. The van der Waals surface area contributed by atoms with E-state index in [9.17, 15) is 35.3 Å². The van der Waals surface area contributed by atoms with E-state index in [0.29, 0.717) is 5.56 Å². The average molecular weight is 495 g/mol. The van der Waals surface area contributed by atoms with E-state index in [1.807, 2.05) is 6.07 Å². The smallest absolute Gasteiger partial charge is 0.338 e. The first-order chi connectivity index (χ1) is 17.8. The Balaban J connectivity index is 1.79. The molecule has 0 fully saturated rings. The fourth-order valence-corrected chi connectivity index (χ4v) is 4.01. The molecule has 0 aromatic heterocycles. The summed E-state index contributed by atoms with van der Waals surface area (Å²) in [6.45, 7) is 0. The van der Waals surface area contributed by atoms with E-state index in [-0.39, 0.29) is 40.0 Å². The van der Waals surface area contributed by atoms with Crippen molar-refractivity contribution in [2.75, 3.05) is 0 Å². The van der Waals surface area contributed by atoms with Gasteiger partial charge < -0.3 is 19.7 Å². The van der Waals surface area contributed by atoms with Crippen LogP contribution < -0.4 is 4.74 Å². The zero-order valence-corrected chi connectivity index (χ0v) is 18.6. The number of hydrogen-bond acceptors (Lipinski definition) is 12. The third kappa shape index (κ3) is 4.36. The summed E-state index contributed by atoms with van der Waals surface area (Å²) in [5.41, 5.74) is -1.01. The zero-order valence-electron chi connectivity index (χ0n) is 18.6. The van der Waals surface area contributed by atoms with Crippen LogP contribution in [0.3, 0.4) is 0 Å². The van der Waals surface area contributed by atoms with Gasteiger partial charge in [0.05, 0.1) is 22.8 Å². The Bertz CT molecular complexity index is 1600. The SMILES string of the molecule is N#Cc1cc(C(=O)O[C@@H]2Cc3c(C#N)cccc3O[C@@H]2c2cc(O)c(N=O)c(N=O)c2)cc(O)c1C#N. The van der Waals surface area contributed by atoms with E-state index in [4.69, 9.17) is 14.7 Å². The van der Waals surface area contributed by atoms with Crippen LogP contribution in [-0.4, -0.2) is 22.3 Å². The van der Waals surface area contributed by atoms with Gasteiger partial charge in [-0.15, -0.1) is 9.81 Å². The molecule has 0 spiro atoms. The Morgan fingerprint density at radius 1 is 0.973 bits per heavy atom. The van der Waals surface area contributed by atoms with Gasteiger partial charge in [0, 0.05) is 17.5 Å². The summed E-state index contributed by atoms with van der Waals surface area (Å²) < 4.78 is 11.7. The molecule has 2 atom stereocenters. The minimum atomic E-state index is -1.15. The molecule has 37 heavy (non-hydrogen) atoms. The Hall–Kier alpha value is -5.80. The van der Waals surface area contributed by atoms with Crippen molar-refractivity contribution in [2.45, 2.75) is 18.6 Å². The highest BCUT2D eigenvalue weighted by Crippen LogP contribution is 2.44. The second kappa shape index (κ2) is 9.82. The van der Waals surface area contributed by atoms with Crippen molar-refractivity contribution < 1.29 is 24.5 Å². The molecular formula is C25H13N5O7. The molecule has 1 heterocycles. The van der Waals surface area contributed by atoms with Crippen molar-refractivity contribution in [1.29, 1.82) is 15.8 Å². The topological polar surface area (TPSA) is 206 Å². The maximum atomic E-state index is 13.0. The van der Waals surface area contributed by atoms with Gasteiger partial charge in [0.15, 0.2) is 11.8 Å². The first kappa shape index (κ1) is 24.3. The molecule has 1 aliphatic rings. The quantitative estimate of drug-likeness (QED) is 0.376. The molecule has 0 bridgehead atoms. The minimum absolute atomic E-state index is 0.0266. The Morgan fingerprint density at radius 2 is 1.73 bits per heavy atom. The van der Waals surface area contributed by atoms with Gasteiger partial charge in [-0.2, -0.15) is 15.8 Å². The molecule has 0 saturated carbocycles. The van der Waals surface area contributed by atoms with Gasteiger partial charge in [-0.3, -0.25) is 0 Å². The highest BCUT2D eigenvalue weighted by Gasteiger charge is 2.37. The van der Waals surface area contributed by atoms with Crippen molar-refractivity contribution >= 4 is 17.3 Å². The number of phenols is 2. The second-order valence-corrected chi connectivity index (χ2v) is 7.81. The van der Waals surface area contributed by atoms with E-state index in [1.165, 1.54) is 0 Å².